The van der Waals surface area contributed by atoms with Gasteiger partial charge < -0.3 is 20.1 Å². The van der Waals surface area contributed by atoms with Crippen LogP contribution < -0.4 is 10.6 Å². The molecule has 0 saturated carbocycles. The number of anilines is 1. The second-order valence-corrected chi connectivity index (χ2v) is 4.78. The lowest BCUT2D eigenvalue weighted by Crippen LogP contribution is -2.38. The van der Waals surface area contributed by atoms with Crippen LogP contribution in [0.15, 0.2) is 6.20 Å². The summed E-state index contributed by atoms with van der Waals surface area (Å²) in [6.45, 7) is 6.24. The molecule has 0 aliphatic rings. The third-order valence-corrected chi connectivity index (χ3v) is 2.71. The summed E-state index contributed by atoms with van der Waals surface area (Å²) >= 11 is 5.15. The van der Waals surface area contributed by atoms with Gasteiger partial charge in [-0.25, -0.2) is 14.8 Å². The Morgan fingerprint density at radius 1 is 1.52 bits per heavy atom. The van der Waals surface area contributed by atoms with Gasteiger partial charge in [0.1, 0.15) is 0 Å². The van der Waals surface area contributed by atoms with Crippen LogP contribution in [0, 0.1) is 6.92 Å². The number of hydrogen-bond acceptors (Lipinski definition) is 6. The molecule has 8 heteroatoms. The summed E-state index contributed by atoms with van der Waals surface area (Å²) < 4.78 is 9.92. The van der Waals surface area contributed by atoms with Crippen molar-refractivity contribution < 1.29 is 14.3 Å². The molecule has 0 unspecified atom stereocenters. The SMILES string of the molecule is CCOC(=O)c1cnc(NC(=S)N[C@@H](C)COC)nc1C. The van der Waals surface area contributed by atoms with Crippen LogP contribution in [0.1, 0.15) is 29.9 Å². The number of hydrogen-bond donors (Lipinski definition) is 2. The summed E-state index contributed by atoms with van der Waals surface area (Å²) in [5, 5.41) is 6.28. The molecule has 1 aromatic heterocycles. The van der Waals surface area contributed by atoms with Crippen LogP contribution >= 0.6 is 12.2 Å². The van der Waals surface area contributed by atoms with E-state index in [4.69, 9.17) is 21.7 Å². The van der Waals surface area contributed by atoms with Crippen molar-refractivity contribution in [2.75, 3.05) is 25.6 Å². The zero-order chi connectivity index (χ0) is 15.8. The van der Waals surface area contributed by atoms with Gasteiger partial charge in [-0.1, -0.05) is 0 Å². The van der Waals surface area contributed by atoms with E-state index in [0.29, 0.717) is 35.5 Å². The van der Waals surface area contributed by atoms with Gasteiger partial charge in [-0.15, -0.1) is 0 Å². The molecule has 7 nitrogen and oxygen atoms in total. The van der Waals surface area contributed by atoms with E-state index in [1.165, 1.54) is 6.20 Å². The molecule has 0 spiro atoms. The summed E-state index contributed by atoms with van der Waals surface area (Å²) in [4.78, 5) is 19.9. The molecule has 0 saturated heterocycles. The zero-order valence-corrected chi connectivity index (χ0v) is 13.4. The van der Waals surface area contributed by atoms with Crippen LogP contribution in [0.25, 0.3) is 0 Å². The van der Waals surface area contributed by atoms with Crippen molar-refractivity contribution >= 4 is 29.2 Å². The minimum Gasteiger partial charge on any atom is -0.462 e. The summed E-state index contributed by atoms with van der Waals surface area (Å²) in [6, 6.07) is 0.0647. The van der Waals surface area contributed by atoms with Gasteiger partial charge in [-0.05, 0) is 33.0 Å². The van der Waals surface area contributed by atoms with E-state index in [2.05, 4.69) is 20.6 Å². The van der Waals surface area contributed by atoms with Gasteiger partial charge in [0, 0.05) is 19.3 Å². The van der Waals surface area contributed by atoms with E-state index in [1.54, 1.807) is 21.0 Å². The van der Waals surface area contributed by atoms with Crippen LogP contribution in [0.3, 0.4) is 0 Å². The summed E-state index contributed by atoms with van der Waals surface area (Å²) in [6.07, 6.45) is 1.42. The van der Waals surface area contributed by atoms with Gasteiger partial charge in [0.25, 0.3) is 0 Å². The number of nitrogens with one attached hydrogen (secondary N) is 2. The Morgan fingerprint density at radius 2 is 2.24 bits per heavy atom. The van der Waals surface area contributed by atoms with Crippen molar-refractivity contribution in [1.82, 2.24) is 15.3 Å². The van der Waals surface area contributed by atoms with E-state index in [-0.39, 0.29) is 6.04 Å². The molecule has 21 heavy (non-hydrogen) atoms. The first-order valence-electron chi connectivity index (χ1n) is 6.55. The van der Waals surface area contributed by atoms with Gasteiger partial charge in [0.15, 0.2) is 5.11 Å². The number of carbonyl (C=O) groups is 1. The molecule has 0 amide bonds. The van der Waals surface area contributed by atoms with E-state index < -0.39 is 5.97 Å². The molecule has 116 valence electrons. The smallest absolute Gasteiger partial charge is 0.341 e. The van der Waals surface area contributed by atoms with Crippen LogP contribution in [-0.2, 0) is 9.47 Å². The highest BCUT2D eigenvalue weighted by molar-refractivity contribution is 7.80. The predicted octanol–water partition coefficient (Wildman–Crippen LogP) is 1.28. The van der Waals surface area contributed by atoms with Crippen LogP contribution in [0.4, 0.5) is 5.95 Å². The Balaban J connectivity index is 2.67. The predicted molar refractivity (Wildman–Crippen MR) is 83.4 cm³/mol. The molecular weight excluding hydrogens is 292 g/mol. The van der Waals surface area contributed by atoms with Crippen LogP contribution in [-0.4, -0.2) is 47.4 Å². The molecule has 0 fully saturated rings. The maximum atomic E-state index is 11.6. The Labute approximate surface area is 129 Å². The highest BCUT2D eigenvalue weighted by Gasteiger charge is 2.13. The minimum atomic E-state index is -0.434. The highest BCUT2D eigenvalue weighted by Crippen LogP contribution is 2.08. The lowest BCUT2D eigenvalue weighted by molar-refractivity contribution is 0.0524. The number of nitrogens with zero attached hydrogens (tertiary/aromatic N) is 2. The molecule has 1 atom stereocenters. The maximum Gasteiger partial charge on any atom is 0.341 e. The number of carbonyl (C=O) groups excluding carboxylic acids is 1. The van der Waals surface area contributed by atoms with Crippen molar-refractivity contribution in [3.63, 3.8) is 0 Å². The molecule has 1 rings (SSSR count). The largest absolute Gasteiger partial charge is 0.462 e. The van der Waals surface area contributed by atoms with Crippen molar-refractivity contribution in [3.8, 4) is 0 Å². The summed E-state index contributed by atoms with van der Waals surface area (Å²) in [7, 11) is 1.62. The lowest BCUT2D eigenvalue weighted by Gasteiger charge is -2.15. The molecule has 0 bridgehead atoms. The monoisotopic (exact) mass is 312 g/mol. The quantitative estimate of drug-likeness (QED) is 0.600. The van der Waals surface area contributed by atoms with Crippen LogP contribution in [0.5, 0.6) is 0 Å². The zero-order valence-electron chi connectivity index (χ0n) is 12.6. The normalized spacial score (nSPS) is 11.6. The average molecular weight is 312 g/mol. The van der Waals surface area contributed by atoms with Crippen molar-refractivity contribution in [2.45, 2.75) is 26.8 Å². The molecular formula is C13H20N4O3S. The van der Waals surface area contributed by atoms with Crippen molar-refractivity contribution in [3.05, 3.63) is 17.5 Å². The molecule has 0 aliphatic carbocycles. The Hall–Kier alpha value is -1.80. The van der Waals surface area contributed by atoms with E-state index >= 15 is 0 Å². The second kappa shape index (κ2) is 8.48. The topological polar surface area (TPSA) is 85.4 Å². The van der Waals surface area contributed by atoms with Crippen molar-refractivity contribution in [1.29, 1.82) is 0 Å². The molecule has 0 radical (unpaired) electrons. The van der Waals surface area contributed by atoms with Gasteiger partial charge >= 0.3 is 5.97 Å². The van der Waals surface area contributed by atoms with Crippen molar-refractivity contribution in [2.24, 2.45) is 0 Å². The first-order valence-corrected chi connectivity index (χ1v) is 6.96. The van der Waals surface area contributed by atoms with Gasteiger partial charge in [-0.3, -0.25) is 0 Å². The Kier molecular flexibility index (Phi) is 6.97. The first-order chi connectivity index (χ1) is 9.97. The Bertz CT molecular complexity index is 510. The fourth-order valence-electron chi connectivity index (χ4n) is 1.59. The molecule has 1 heterocycles. The summed E-state index contributed by atoms with van der Waals surface area (Å²) in [5.41, 5.74) is 0.868. The number of thiocarbonyl (C=S) groups is 1. The fraction of sp³-hybridized carbons (Fsp3) is 0.538. The van der Waals surface area contributed by atoms with E-state index in [1.807, 2.05) is 6.92 Å². The number of aromatic nitrogens is 2. The molecule has 1 aromatic rings. The molecule has 2 N–H and O–H groups in total. The highest BCUT2D eigenvalue weighted by atomic mass is 32.1. The van der Waals surface area contributed by atoms with E-state index in [0.717, 1.165) is 0 Å². The number of ether oxygens (including phenoxy) is 2. The van der Waals surface area contributed by atoms with Gasteiger partial charge in [0.2, 0.25) is 5.95 Å². The number of rotatable bonds is 6. The number of esters is 1. The average Bonchev–Trinajstić information content (AvgIpc) is 2.38. The number of aryl methyl sites for hydroxylation is 1. The lowest BCUT2D eigenvalue weighted by atomic mass is 10.2. The molecule has 0 aromatic carbocycles. The standard InChI is InChI=1S/C13H20N4O3S/c1-5-20-11(18)10-6-14-12(16-9(10)3)17-13(21)15-8(2)7-19-4/h6,8H,5,7H2,1-4H3,(H2,14,15,16,17,21)/t8-/m0/s1. The van der Waals surface area contributed by atoms with Crippen LogP contribution in [0.2, 0.25) is 0 Å². The third-order valence-electron chi connectivity index (χ3n) is 2.49. The maximum absolute atomic E-state index is 11.6. The van der Waals surface area contributed by atoms with Gasteiger partial charge in [0.05, 0.1) is 24.5 Å². The first kappa shape index (κ1) is 17.3. The fourth-order valence-corrected chi connectivity index (χ4v) is 1.88. The van der Waals surface area contributed by atoms with Gasteiger partial charge in [-0.2, -0.15) is 0 Å². The number of methoxy groups -OCH3 is 1. The van der Waals surface area contributed by atoms with E-state index in [9.17, 15) is 4.79 Å². The second-order valence-electron chi connectivity index (χ2n) is 4.37. The summed E-state index contributed by atoms with van der Waals surface area (Å²) in [5.74, 6) is -0.112. The molecule has 0 aliphatic heterocycles. The third kappa shape index (κ3) is 5.60. The Morgan fingerprint density at radius 3 is 2.81 bits per heavy atom. The minimum absolute atomic E-state index is 0.0647.